The Bertz CT molecular complexity index is 1330. The number of nitrogens with one attached hydrogen (secondary N) is 2. The van der Waals surface area contributed by atoms with Crippen LogP contribution in [0.4, 0.5) is 5.69 Å². The molecule has 8 nitrogen and oxygen atoms in total. The van der Waals surface area contributed by atoms with Crippen LogP contribution in [0.5, 0.6) is 28.7 Å². The van der Waals surface area contributed by atoms with Crippen LogP contribution >= 0.6 is 0 Å². The summed E-state index contributed by atoms with van der Waals surface area (Å²) in [6.45, 7) is 2.57. The van der Waals surface area contributed by atoms with Gasteiger partial charge >= 0.3 is 0 Å². The Balaban J connectivity index is 0.000000220. The largest absolute Gasteiger partial charge is 0.493 e. The first kappa shape index (κ1) is 26.9. The fourth-order valence-electron chi connectivity index (χ4n) is 3.66. The first-order chi connectivity index (χ1) is 18.1. The summed E-state index contributed by atoms with van der Waals surface area (Å²) in [6.07, 6.45) is 0.595. The lowest BCUT2D eigenvalue weighted by Crippen LogP contribution is -2.22. The van der Waals surface area contributed by atoms with E-state index in [4.69, 9.17) is 18.9 Å². The summed E-state index contributed by atoms with van der Waals surface area (Å²) in [7, 11) is 4.59. The van der Waals surface area contributed by atoms with Crippen LogP contribution in [-0.2, 0) is 4.79 Å². The minimum atomic E-state index is -0.00528. The minimum Gasteiger partial charge on any atom is -0.493 e. The maximum absolute atomic E-state index is 11.7. The molecule has 0 saturated heterocycles. The molecule has 0 aliphatic carbocycles. The van der Waals surface area contributed by atoms with Gasteiger partial charge in [-0.1, -0.05) is 48.5 Å². The zero-order valence-electron chi connectivity index (χ0n) is 21.2. The Kier molecular flexibility index (Phi) is 9.73. The molecule has 0 aliphatic rings. The van der Waals surface area contributed by atoms with Crippen molar-refractivity contribution in [1.82, 2.24) is 5.32 Å². The first-order valence-corrected chi connectivity index (χ1v) is 11.6. The van der Waals surface area contributed by atoms with E-state index < -0.39 is 0 Å². The third kappa shape index (κ3) is 6.70. The molecule has 2 amide bonds. The summed E-state index contributed by atoms with van der Waals surface area (Å²) in [5.41, 5.74) is 1.31. The lowest BCUT2D eigenvalue weighted by Gasteiger charge is -2.15. The zero-order valence-corrected chi connectivity index (χ0v) is 21.2. The Labute approximate surface area is 216 Å². The van der Waals surface area contributed by atoms with E-state index in [2.05, 4.69) is 10.6 Å². The Morgan fingerprint density at radius 1 is 0.811 bits per heavy atom. The maximum atomic E-state index is 11.7. The molecule has 8 heteroatoms. The van der Waals surface area contributed by atoms with Crippen LogP contribution in [0.2, 0.25) is 0 Å². The molecule has 2 N–H and O–H groups in total. The topological polar surface area (TPSA) is 95.1 Å². The molecule has 0 aromatic heterocycles. The number of anilines is 1. The van der Waals surface area contributed by atoms with Crippen LogP contribution in [0.25, 0.3) is 10.8 Å². The molecule has 0 aliphatic heterocycles. The SMILES string of the molecule is CCNC(=O)c1cccc2ccccc12.COc1cc(Oc2ccccc2NC=O)cc(OC)c1OC. The lowest BCUT2D eigenvalue weighted by molar-refractivity contribution is -0.105. The number of hydrogen-bond donors (Lipinski definition) is 2. The third-order valence-corrected chi connectivity index (χ3v) is 5.34. The Hall–Kier alpha value is -4.72. The van der Waals surface area contributed by atoms with E-state index in [1.807, 2.05) is 55.5 Å². The van der Waals surface area contributed by atoms with Crippen molar-refractivity contribution in [1.29, 1.82) is 0 Å². The van der Waals surface area contributed by atoms with Crippen molar-refractivity contribution in [3.05, 3.63) is 84.4 Å². The van der Waals surface area contributed by atoms with Gasteiger partial charge in [-0.25, -0.2) is 0 Å². The summed E-state index contributed by atoms with van der Waals surface area (Å²) in [4.78, 5) is 22.4. The molecule has 0 spiro atoms. The lowest BCUT2D eigenvalue weighted by atomic mass is 10.0. The second kappa shape index (κ2) is 13.4. The molecule has 4 rings (SSSR count). The van der Waals surface area contributed by atoms with Crippen molar-refractivity contribution in [2.24, 2.45) is 0 Å². The van der Waals surface area contributed by atoms with E-state index >= 15 is 0 Å². The number of carbonyl (C=O) groups excluding carboxylic acids is 2. The van der Waals surface area contributed by atoms with Crippen LogP contribution in [-0.4, -0.2) is 40.2 Å². The molecule has 37 heavy (non-hydrogen) atoms. The van der Waals surface area contributed by atoms with Gasteiger partial charge in [-0.05, 0) is 35.9 Å². The number of benzene rings is 4. The van der Waals surface area contributed by atoms with Crippen LogP contribution in [0.1, 0.15) is 17.3 Å². The molecule has 0 saturated carbocycles. The van der Waals surface area contributed by atoms with Crippen molar-refractivity contribution in [3.63, 3.8) is 0 Å². The second-order valence-electron chi connectivity index (χ2n) is 7.61. The van der Waals surface area contributed by atoms with E-state index in [0.717, 1.165) is 16.3 Å². The second-order valence-corrected chi connectivity index (χ2v) is 7.61. The number of hydrogen-bond acceptors (Lipinski definition) is 6. The molecule has 0 heterocycles. The number of amides is 2. The minimum absolute atomic E-state index is 0.00528. The summed E-state index contributed by atoms with van der Waals surface area (Å²) in [5.74, 6) is 2.44. The highest BCUT2D eigenvalue weighted by Crippen LogP contribution is 2.42. The molecular formula is C29H30N2O6. The normalized spacial score (nSPS) is 9.95. The Morgan fingerprint density at radius 2 is 1.46 bits per heavy atom. The number of para-hydroxylation sites is 2. The highest BCUT2D eigenvalue weighted by atomic mass is 16.5. The predicted octanol–water partition coefficient (Wildman–Crippen LogP) is 5.66. The van der Waals surface area contributed by atoms with Gasteiger partial charge in [0.15, 0.2) is 17.2 Å². The fourth-order valence-corrected chi connectivity index (χ4v) is 3.66. The van der Waals surface area contributed by atoms with Crippen LogP contribution < -0.4 is 29.6 Å². The predicted molar refractivity (Wildman–Crippen MR) is 144 cm³/mol. The number of ether oxygens (including phenoxy) is 4. The van der Waals surface area contributed by atoms with Crippen LogP contribution in [0.15, 0.2) is 78.9 Å². The van der Waals surface area contributed by atoms with Crippen molar-refractivity contribution >= 4 is 28.8 Å². The van der Waals surface area contributed by atoms with Gasteiger partial charge in [0.2, 0.25) is 12.2 Å². The van der Waals surface area contributed by atoms with Gasteiger partial charge in [0.25, 0.3) is 5.91 Å². The summed E-state index contributed by atoms with van der Waals surface area (Å²) in [5, 5.41) is 7.50. The standard InChI is InChI=1S/C16H17NO5.C13H13NO/c1-19-14-8-11(9-15(20-2)16(14)21-3)22-13-7-5-4-6-12(13)17-10-18;1-2-14-13(15)12-9-5-7-10-6-3-4-8-11(10)12/h4-10H,1-3H3,(H,17,18);3-9H,2H2,1H3,(H,14,15). The van der Waals surface area contributed by atoms with Gasteiger partial charge in [-0.3, -0.25) is 9.59 Å². The van der Waals surface area contributed by atoms with Gasteiger partial charge in [0.1, 0.15) is 5.75 Å². The van der Waals surface area contributed by atoms with Gasteiger partial charge in [0, 0.05) is 24.2 Å². The quantitative estimate of drug-likeness (QED) is 0.287. The van der Waals surface area contributed by atoms with E-state index in [1.54, 1.807) is 30.3 Å². The van der Waals surface area contributed by atoms with Crippen molar-refractivity contribution < 1.29 is 28.5 Å². The number of fused-ring (bicyclic) bond motifs is 1. The summed E-state index contributed by atoms with van der Waals surface area (Å²) >= 11 is 0. The molecule has 0 fully saturated rings. The van der Waals surface area contributed by atoms with Gasteiger partial charge in [-0.15, -0.1) is 0 Å². The monoisotopic (exact) mass is 502 g/mol. The molecule has 0 atom stereocenters. The molecular weight excluding hydrogens is 472 g/mol. The highest BCUT2D eigenvalue weighted by Gasteiger charge is 2.15. The first-order valence-electron chi connectivity index (χ1n) is 11.6. The van der Waals surface area contributed by atoms with Crippen LogP contribution in [0, 0.1) is 0 Å². The van der Waals surface area contributed by atoms with Crippen LogP contribution in [0.3, 0.4) is 0 Å². The van der Waals surface area contributed by atoms with Gasteiger partial charge in [0.05, 0.1) is 27.0 Å². The van der Waals surface area contributed by atoms with Crippen molar-refractivity contribution in [2.75, 3.05) is 33.2 Å². The number of carbonyl (C=O) groups is 2. The number of methoxy groups -OCH3 is 3. The molecule has 4 aromatic carbocycles. The summed E-state index contributed by atoms with van der Waals surface area (Å²) in [6, 6.07) is 24.1. The molecule has 4 aromatic rings. The number of rotatable bonds is 9. The van der Waals surface area contributed by atoms with Crippen molar-refractivity contribution in [2.45, 2.75) is 6.92 Å². The molecule has 0 radical (unpaired) electrons. The van der Waals surface area contributed by atoms with Gasteiger partial charge < -0.3 is 29.6 Å². The molecule has 0 unspecified atom stereocenters. The maximum Gasteiger partial charge on any atom is 0.251 e. The van der Waals surface area contributed by atoms with E-state index in [1.165, 1.54) is 21.3 Å². The fraction of sp³-hybridized carbons (Fsp3) is 0.172. The van der Waals surface area contributed by atoms with E-state index in [-0.39, 0.29) is 5.91 Å². The zero-order chi connectivity index (χ0) is 26.6. The van der Waals surface area contributed by atoms with E-state index in [9.17, 15) is 9.59 Å². The van der Waals surface area contributed by atoms with Gasteiger partial charge in [-0.2, -0.15) is 0 Å². The third-order valence-electron chi connectivity index (χ3n) is 5.34. The smallest absolute Gasteiger partial charge is 0.251 e. The van der Waals surface area contributed by atoms with Crippen molar-refractivity contribution in [3.8, 4) is 28.7 Å². The summed E-state index contributed by atoms with van der Waals surface area (Å²) < 4.78 is 21.6. The molecule has 0 bridgehead atoms. The highest BCUT2D eigenvalue weighted by molar-refractivity contribution is 6.06. The van der Waals surface area contributed by atoms with E-state index in [0.29, 0.717) is 47.4 Å². The molecule has 192 valence electrons. The average molecular weight is 503 g/mol. The average Bonchev–Trinajstić information content (AvgIpc) is 2.93. The Morgan fingerprint density at radius 3 is 2.11 bits per heavy atom.